The number of hydrogen-bond donors (Lipinski definition) is 1. The van der Waals surface area contributed by atoms with Crippen LogP contribution in [0.3, 0.4) is 0 Å². The van der Waals surface area contributed by atoms with Crippen molar-refractivity contribution in [2.45, 2.75) is 17.5 Å². The number of nitrogens with one attached hydrogen (secondary N) is 1. The summed E-state index contributed by atoms with van der Waals surface area (Å²) in [6.45, 7) is 0.580. The van der Waals surface area contributed by atoms with Gasteiger partial charge < -0.3 is 4.98 Å². The maximum atomic E-state index is 12.5. The van der Waals surface area contributed by atoms with Crippen molar-refractivity contribution in [3.8, 4) is 11.4 Å². The highest BCUT2D eigenvalue weighted by molar-refractivity contribution is 7.98. The van der Waals surface area contributed by atoms with Crippen molar-refractivity contribution >= 4 is 45.9 Å². The highest BCUT2D eigenvalue weighted by Crippen LogP contribution is 2.31. The van der Waals surface area contributed by atoms with Crippen LogP contribution in [0.25, 0.3) is 22.3 Å². The summed E-state index contributed by atoms with van der Waals surface area (Å²) in [6, 6.07) is 22.7. The van der Waals surface area contributed by atoms with Crippen molar-refractivity contribution in [1.29, 1.82) is 0 Å². The first-order chi connectivity index (χ1) is 16.1. The maximum absolute atomic E-state index is 12.5. The van der Waals surface area contributed by atoms with E-state index in [0.29, 0.717) is 50.1 Å². The Bertz CT molecular complexity index is 1500. The van der Waals surface area contributed by atoms with Gasteiger partial charge in [0.1, 0.15) is 5.82 Å². The number of aromatic amines is 1. The summed E-state index contributed by atoms with van der Waals surface area (Å²) in [6.07, 6.45) is 0. The van der Waals surface area contributed by atoms with Gasteiger partial charge in [0.2, 0.25) is 0 Å². The molecule has 0 saturated carbocycles. The van der Waals surface area contributed by atoms with Crippen molar-refractivity contribution < 1.29 is 0 Å². The molecule has 2 aromatic heterocycles. The van der Waals surface area contributed by atoms with Crippen LogP contribution in [-0.2, 0) is 12.3 Å². The normalized spacial score (nSPS) is 11.2. The van der Waals surface area contributed by atoms with Crippen molar-refractivity contribution in [2.24, 2.45) is 0 Å². The Kier molecular flexibility index (Phi) is 6.17. The van der Waals surface area contributed by atoms with E-state index in [1.165, 1.54) is 11.8 Å². The molecule has 0 unspecified atom stereocenters. The lowest BCUT2D eigenvalue weighted by Gasteiger charge is -2.11. The third kappa shape index (κ3) is 4.66. The first-order valence-corrected chi connectivity index (χ1v) is 11.9. The van der Waals surface area contributed by atoms with Gasteiger partial charge in [0.15, 0.2) is 11.0 Å². The van der Waals surface area contributed by atoms with E-state index < -0.39 is 0 Å². The van der Waals surface area contributed by atoms with Crippen LogP contribution >= 0.6 is 35.0 Å². The quantitative estimate of drug-likeness (QED) is 0.301. The van der Waals surface area contributed by atoms with E-state index in [-0.39, 0.29) is 5.56 Å². The largest absolute Gasteiger partial charge is 0.309 e. The summed E-state index contributed by atoms with van der Waals surface area (Å²) in [5.74, 6) is 1.65. The number of aromatic nitrogens is 5. The van der Waals surface area contributed by atoms with Gasteiger partial charge in [0, 0.05) is 10.6 Å². The third-order valence-corrected chi connectivity index (χ3v) is 6.61. The van der Waals surface area contributed by atoms with Crippen LogP contribution in [0.5, 0.6) is 0 Å². The number of rotatable bonds is 6. The summed E-state index contributed by atoms with van der Waals surface area (Å²) in [5.41, 5.74) is 2.30. The number of benzene rings is 3. The zero-order valence-corrected chi connectivity index (χ0v) is 19.5. The van der Waals surface area contributed by atoms with Gasteiger partial charge in [-0.2, -0.15) is 0 Å². The Morgan fingerprint density at radius 2 is 1.73 bits per heavy atom. The number of halogens is 2. The van der Waals surface area contributed by atoms with Crippen molar-refractivity contribution in [2.75, 3.05) is 0 Å². The summed E-state index contributed by atoms with van der Waals surface area (Å²) in [5, 5.41) is 11.1. The summed E-state index contributed by atoms with van der Waals surface area (Å²) >= 11 is 13.9. The van der Waals surface area contributed by atoms with E-state index in [2.05, 4.69) is 32.3 Å². The van der Waals surface area contributed by atoms with Crippen LogP contribution in [0.1, 0.15) is 11.4 Å². The van der Waals surface area contributed by atoms with Crippen molar-refractivity contribution in [3.63, 3.8) is 0 Å². The minimum atomic E-state index is -0.222. The molecular formula is C24H17Cl2N5OS. The molecule has 33 heavy (non-hydrogen) atoms. The Balaban J connectivity index is 1.49. The number of fused-ring (bicyclic) bond motifs is 1. The Morgan fingerprint density at radius 1 is 0.939 bits per heavy atom. The van der Waals surface area contributed by atoms with E-state index in [1.54, 1.807) is 18.2 Å². The zero-order chi connectivity index (χ0) is 22.8. The third-order valence-electron chi connectivity index (χ3n) is 5.07. The molecule has 0 bridgehead atoms. The zero-order valence-electron chi connectivity index (χ0n) is 17.2. The van der Waals surface area contributed by atoms with Gasteiger partial charge in [0.05, 0.1) is 28.2 Å². The molecule has 2 heterocycles. The van der Waals surface area contributed by atoms with Crippen LogP contribution in [0.4, 0.5) is 0 Å². The molecule has 0 amide bonds. The molecule has 0 aliphatic carbocycles. The number of thioether (sulfide) groups is 1. The molecule has 0 spiro atoms. The maximum Gasteiger partial charge on any atom is 0.258 e. The molecule has 3 aromatic carbocycles. The molecule has 5 rings (SSSR count). The standard InChI is InChI=1S/C24H17Cl2N5OS/c25-16-10-11-20-18(12-16)23(32)28-21(27-20)14-33-24-30-29-22(17-8-4-5-9-19(17)26)31(24)13-15-6-2-1-3-7-15/h1-12H,13-14H2,(H,27,28,32). The monoisotopic (exact) mass is 493 g/mol. The first-order valence-electron chi connectivity index (χ1n) is 10.1. The molecule has 0 radical (unpaired) electrons. The topological polar surface area (TPSA) is 76.5 Å². The molecule has 6 nitrogen and oxygen atoms in total. The van der Waals surface area contributed by atoms with Gasteiger partial charge in [-0.25, -0.2) is 4.98 Å². The summed E-state index contributed by atoms with van der Waals surface area (Å²) in [4.78, 5) is 19.9. The molecule has 1 N–H and O–H groups in total. The average Bonchev–Trinajstić information content (AvgIpc) is 3.21. The highest BCUT2D eigenvalue weighted by Gasteiger charge is 2.17. The second kappa shape index (κ2) is 9.39. The smallest absolute Gasteiger partial charge is 0.258 e. The lowest BCUT2D eigenvalue weighted by atomic mass is 10.2. The lowest BCUT2D eigenvalue weighted by Crippen LogP contribution is -2.11. The van der Waals surface area contributed by atoms with Crippen LogP contribution < -0.4 is 5.56 Å². The van der Waals surface area contributed by atoms with Gasteiger partial charge in [0.25, 0.3) is 5.56 Å². The summed E-state index contributed by atoms with van der Waals surface area (Å²) in [7, 11) is 0. The van der Waals surface area contributed by atoms with E-state index in [9.17, 15) is 4.79 Å². The Labute approximate surface area is 203 Å². The second-order valence-corrected chi connectivity index (χ2v) is 9.11. The van der Waals surface area contributed by atoms with E-state index >= 15 is 0 Å². The lowest BCUT2D eigenvalue weighted by molar-refractivity contribution is 0.714. The predicted molar refractivity (Wildman–Crippen MR) is 133 cm³/mol. The molecule has 164 valence electrons. The Morgan fingerprint density at radius 3 is 2.55 bits per heavy atom. The fraction of sp³-hybridized carbons (Fsp3) is 0.0833. The molecule has 9 heteroatoms. The molecule has 0 fully saturated rings. The van der Waals surface area contributed by atoms with Gasteiger partial charge in [-0.3, -0.25) is 9.36 Å². The molecule has 0 aliphatic rings. The molecule has 0 aliphatic heterocycles. The van der Waals surface area contributed by atoms with Crippen LogP contribution in [-0.4, -0.2) is 24.7 Å². The van der Waals surface area contributed by atoms with Gasteiger partial charge in [-0.05, 0) is 35.9 Å². The molecular weight excluding hydrogens is 477 g/mol. The predicted octanol–water partition coefficient (Wildman–Crippen LogP) is 5.83. The minimum Gasteiger partial charge on any atom is -0.309 e. The molecule has 5 aromatic rings. The van der Waals surface area contributed by atoms with Gasteiger partial charge >= 0.3 is 0 Å². The Hall–Kier alpha value is -3.13. The van der Waals surface area contributed by atoms with Crippen LogP contribution in [0.15, 0.2) is 82.7 Å². The number of H-pyrrole nitrogens is 1. The number of nitrogens with zero attached hydrogens (tertiary/aromatic N) is 4. The van der Waals surface area contributed by atoms with E-state index in [4.69, 9.17) is 23.2 Å². The van der Waals surface area contributed by atoms with Crippen molar-refractivity contribution in [3.05, 3.63) is 105 Å². The molecule has 0 saturated heterocycles. The molecule has 0 atom stereocenters. The number of hydrogen-bond acceptors (Lipinski definition) is 5. The average molecular weight is 494 g/mol. The fourth-order valence-electron chi connectivity index (χ4n) is 3.51. The fourth-order valence-corrected chi connectivity index (χ4v) is 4.71. The first kappa shape index (κ1) is 21.7. The second-order valence-electron chi connectivity index (χ2n) is 7.32. The van der Waals surface area contributed by atoms with Gasteiger partial charge in [-0.1, -0.05) is 77.4 Å². The van der Waals surface area contributed by atoms with E-state index in [0.717, 1.165) is 11.1 Å². The minimum absolute atomic E-state index is 0.222. The summed E-state index contributed by atoms with van der Waals surface area (Å²) < 4.78 is 2.03. The van der Waals surface area contributed by atoms with E-state index in [1.807, 2.05) is 47.0 Å². The van der Waals surface area contributed by atoms with Crippen LogP contribution in [0.2, 0.25) is 10.0 Å². The van der Waals surface area contributed by atoms with Crippen LogP contribution in [0, 0.1) is 0 Å². The van der Waals surface area contributed by atoms with Gasteiger partial charge in [-0.15, -0.1) is 10.2 Å². The highest BCUT2D eigenvalue weighted by atomic mass is 35.5. The van der Waals surface area contributed by atoms with Crippen molar-refractivity contribution in [1.82, 2.24) is 24.7 Å². The SMILES string of the molecule is O=c1[nH]c(CSc2nnc(-c3ccccc3Cl)n2Cc2ccccc2)nc2ccc(Cl)cc12.